The quantitative estimate of drug-likeness (QED) is 0.652. The maximum absolute atomic E-state index is 13.5. The van der Waals surface area contributed by atoms with Gasteiger partial charge in [-0.1, -0.05) is 6.07 Å². The molecule has 1 aliphatic heterocycles. The summed E-state index contributed by atoms with van der Waals surface area (Å²) in [4.78, 5) is 23.4. The Hall–Kier alpha value is -1.97. The van der Waals surface area contributed by atoms with Crippen molar-refractivity contribution < 1.29 is 14.0 Å². The second-order valence-corrected chi connectivity index (χ2v) is 3.30. The van der Waals surface area contributed by atoms with Crippen LogP contribution in [0.1, 0.15) is 5.56 Å². The predicted octanol–water partition coefficient (Wildman–Crippen LogP) is 1.56. The van der Waals surface area contributed by atoms with E-state index in [4.69, 9.17) is 0 Å². The smallest absolute Gasteiger partial charge is 0.258 e. The van der Waals surface area contributed by atoms with Gasteiger partial charge in [0.15, 0.2) is 0 Å². The van der Waals surface area contributed by atoms with E-state index < -0.39 is 17.6 Å². The minimum atomic E-state index is -0.569. The van der Waals surface area contributed by atoms with Crippen molar-refractivity contribution in [3.8, 4) is 0 Å². The van der Waals surface area contributed by atoms with E-state index >= 15 is 0 Å². The van der Waals surface area contributed by atoms with Crippen molar-refractivity contribution in [1.29, 1.82) is 0 Å². The average Bonchev–Trinajstić information content (AvgIpc) is 2.48. The molecule has 0 unspecified atom stereocenters. The minimum absolute atomic E-state index is 0.000556. The van der Waals surface area contributed by atoms with E-state index in [-0.39, 0.29) is 5.69 Å². The Morgan fingerprint density at radius 3 is 2.27 bits per heavy atom. The topological polar surface area (TPSA) is 37.4 Å². The third kappa shape index (κ3) is 1.54. The molecule has 1 aromatic rings. The number of anilines is 1. The molecule has 0 aliphatic carbocycles. The molecule has 15 heavy (non-hydrogen) atoms. The maximum atomic E-state index is 13.5. The Morgan fingerprint density at radius 2 is 1.73 bits per heavy atom. The minimum Gasteiger partial charge on any atom is -0.269 e. The molecule has 1 aromatic carbocycles. The lowest BCUT2D eigenvalue weighted by Crippen LogP contribution is -2.30. The van der Waals surface area contributed by atoms with E-state index in [9.17, 15) is 14.0 Å². The van der Waals surface area contributed by atoms with Crippen molar-refractivity contribution in [3.63, 3.8) is 0 Å². The average molecular weight is 205 g/mol. The molecule has 2 amide bonds. The molecule has 0 N–H and O–H groups in total. The van der Waals surface area contributed by atoms with Gasteiger partial charge in [0.05, 0.1) is 5.69 Å². The Morgan fingerprint density at radius 1 is 1.13 bits per heavy atom. The van der Waals surface area contributed by atoms with Crippen molar-refractivity contribution in [2.75, 3.05) is 4.90 Å². The molecule has 0 atom stereocenters. The number of hydrogen-bond donors (Lipinski definition) is 0. The molecular weight excluding hydrogens is 197 g/mol. The number of imide groups is 1. The standard InChI is InChI=1S/C11H8FNO2/c1-7-2-3-9(8(12)6-7)13-10(14)4-5-11(13)15/h2-6H,1H3. The van der Waals surface area contributed by atoms with Crippen LogP contribution in [0.2, 0.25) is 0 Å². The van der Waals surface area contributed by atoms with Crippen molar-refractivity contribution in [2.45, 2.75) is 6.92 Å². The largest absolute Gasteiger partial charge is 0.269 e. The fourth-order valence-corrected chi connectivity index (χ4v) is 1.43. The second kappa shape index (κ2) is 3.31. The highest BCUT2D eigenvalue weighted by molar-refractivity contribution is 6.28. The van der Waals surface area contributed by atoms with Crippen LogP contribution < -0.4 is 4.90 Å². The van der Waals surface area contributed by atoms with Crippen LogP contribution in [-0.2, 0) is 9.59 Å². The molecule has 0 fully saturated rings. The molecular formula is C11H8FNO2. The predicted molar refractivity (Wildman–Crippen MR) is 52.8 cm³/mol. The Labute approximate surface area is 85.8 Å². The van der Waals surface area contributed by atoms with Crippen molar-refractivity contribution >= 4 is 17.5 Å². The summed E-state index contributed by atoms with van der Waals surface area (Å²) in [5, 5.41) is 0. The summed E-state index contributed by atoms with van der Waals surface area (Å²) in [6.45, 7) is 1.73. The van der Waals surface area contributed by atoms with Crippen LogP contribution in [0.15, 0.2) is 30.4 Å². The molecule has 3 nitrogen and oxygen atoms in total. The normalized spacial score (nSPS) is 15.2. The lowest BCUT2D eigenvalue weighted by molar-refractivity contribution is -0.120. The van der Waals surface area contributed by atoms with Crippen LogP contribution in [-0.4, -0.2) is 11.8 Å². The number of nitrogens with zero attached hydrogens (tertiary/aromatic N) is 1. The third-order valence-electron chi connectivity index (χ3n) is 2.15. The van der Waals surface area contributed by atoms with Crippen molar-refractivity contribution in [1.82, 2.24) is 0 Å². The van der Waals surface area contributed by atoms with E-state index in [0.717, 1.165) is 22.6 Å². The van der Waals surface area contributed by atoms with Crippen LogP contribution in [0.3, 0.4) is 0 Å². The molecule has 4 heteroatoms. The molecule has 0 saturated heterocycles. The Balaban J connectivity index is 2.46. The van der Waals surface area contributed by atoms with Gasteiger partial charge in [0.1, 0.15) is 5.82 Å². The molecule has 76 valence electrons. The van der Waals surface area contributed by atoms with E-state index in [1.165, 1.54) is 12.1 Å². The number of rotatable bonds is 1. The number of halogens is 1. The molecule has 1 heterocycles. The Kier molecular flexibility index (Phi) is 2.11. The van der Waals surface area contributed by atoms with E-state index in [1.54, 1.807) is 13.0 Å². The number of aryl methyl sites for hydroxylation is 1. The number of benzene rings is 1. The SMILES string of the molecule is Cc1ccc(N2C(=O)C=CC2=O)c(F)c1. The highest BCUT2D eigenvalue weighted by Crippen LogP contribution is 2.23. The van der Waals surface area contributed by atoms with Crippen LogP contribution in [0.5, 0.6) is 0 Å². The zero-order valence-corrected chi connectivity index (χ0v) is 8.03. The van der Waals surface area contributed by atoms with E-state index in [0.29, 0.717) is 0 Å². The van der Waals surface area contributed by atoms with Gasteiger partial charge in [-0.3, -0.25) is 9.59 Å². The molecule has 0 bridgehead atoms. The third-order valence-corrected chi connectivity index (χ3v) is 2.15. The highest BCUT2D eigenvalue weighted by Gasteiger charge is 2.27. The van der Waals surface area contributed by atoms with Crippen molar-refractivity contribution in [3.05, 3.63) is 41.7 Å². The van der Waals surface area contributed by atoms with Gasteiger partial charge in [0.2, 0.25) is 0 Å². The first kappa shape index (κ1) is 9.58. The van der Waals surface area contributed by atoms with E-state index in [2.05, 4.69) is 0 Å². The molecule has 0 spiro atoms. The number of amides is 2. The molecule has 2 rings (SSSR count). The summed E-state index contributed by atoms with van der Waals surface area (Å²) in [6.07, 6.45) is 2.25. The van der Waals surface area contributed by atoms with Gasteiger partial charge in [-0.25, -0.2) is 9.29 Å². The molecule has 0 aromatic heterocycles. The van der Waals surface area contributed by atoms with Crippen LogP contribution in [0.25, 0.3) is 0 Å². The van der Waals surface area contributed by atoms with Crippen molar-refractivity contribution in [2.24, 2.45) is 0 Å². The molecule has 0 radical (unpaired) electrons. The van der Waals surface area contributed by atoms with Gasteiger partial charge >= 0.3 is 0 Å². The highest BCUT2D eigenvalue weighted by atomic mass is 19.1. The number of carbonyl (C=O) groups excluding carboxylic acids is 2. The van der Waals surface area contributed by atoms with E-state index in [1.807, 2.05) is 0 Å². The van der Waals surface area contributed by atoms with Crippen LogP contribution in [0, 0.1) is 12.7 Å². The fraction of sp³-hybridized carbons (Fsp3) is 0.0909. The lowest BCUT2D eigenvalue weighted by Gasteiger charge is -2.14. The molecule has 0 saturated carbocycles. The second-order valence-electron chi connectivity index (χ2n) is 3.30. The summed E-state index contributed by atoms with van der Waals surface area (Å²) in [7, 11) is 0. The number of carbonyl (C=O) groups is 2. The maximum Gasteiger partial charge on any atom is 0.258 e. The summed E-state index contributed by atoms with van der Waals surface area (Å²) in [5.74, 6) is -1.59. The van der Waals surface area contributed by atoms with Gasteiger partial charge in [-0.2, -0.15) is 0 Å². The zero-order chi connectivity index (χ0) is 11.0. The lowest BCUT2D eigenvalue weighted by atomic mass is 10.2. The molecule has 1 aliphatic rings. The van der Waals surface area contributed by atoms with Gasteiger partial charge in [-0.15, -0.1) is 0 Å². The van der Waals surface area contributed by atoms with Gasteiger partial charge in [-0.05, 0) is 24.6 Å². The summed E-state index contributed by atoms with van der Waals surface area (Å²) < 4.78 is 13.5. The van der Waals surface area contributed by atoms with Crippen LogP contribution in [0.4, 0.5) is 10.1 Å². The first-order valence-electron chi connectivity index (χ1n) is 4.42. The first-order chi connectivity index (χ1) is 7.09. The summed E-state index contributed by atoms with van der Waals surface area (Å²) in [5.41, 5.74) is 0.740. The monoisotopic (exact) mass is 205 g/mol. The number of hydrogen-bond acceptors (Lipinski definition) is 2. The Bertz CT molecular complexity index is 461. The summed E-state index contributed by atoms with van der Waals surface area (Å²) in [6, 6.07) is 4.36. The summed E-state index contributed by atoms with van der Waals surface area (Å²) >= 11 is 0. The van der Waals surface area contributed by atoms with Gasteiger partial charge in [0.25, 0.3) is 11.8 Å². The fourth-order valence-electron chi connectivity index (χ4n) is 1.43. The van der Waals surface area contributed by atoms with Crippen LogP contribution >= 0.6 is 0 Å². The zero-order valence-electron chi connectivity index (χ0n) is 8.03. The van der Waals surface area contributed by atoms with Gasteiger partial charge in [0, 0.05) is 12.2 Å². The first-order valence-corrected chi connectivity index (χ1v) is 4.42. The van der Waals surface area contributed by atoms with Gasteiger partial charge < -0.3 is 0 Å².